The molecule has 1 aromatic carbocycles. The molecule has 0 aliphatic carbocycles. The Kier molecular flexibility index (Phi) is 4.70. The summed E-state index contributed by atoms with van der Waals surface area (Å²) in [6, 6.07) is 6.36. The van der Waals surface area contributed by atoms with Crippen LogP contribution in [0.4, 0.5) is 21.6 Å². The highest BCUT2D eigenvalue weighted by atomic mass is 19.1. The van der Waals surface area contributed by atoms with Gasteiger partial charge in [0.25, 0.3) is 0 Å². The van der Waals surface area contributed by atoms with E-state index in [1.165, 1.54) is 6.07 Å². The van der Waals surface area contributed by atoms with E-state index in [9.17, 15) is 4.39 Å². The highest BCUT2D eigenvalue weighted by Crippen LogP contribution is 2.37. The number of aromatic amines is 1. The Bertz CT molecular complexity index is 1250. The molecule has 8 nitrogen and oxygen atoms in total. The third kappa shape index (κ3) is 3.54. The summed E-state index contributed by atoms with van der Waals surface area (Å²) in [5.74, 6) is 0.896. The number of fused-ring (bicyclic) bond motifs is 2. The van der Waals surface area contributed by atoms with Crippen LogP contribution < -0.4 is 20.3 Å². The number of aromatic nitrogens is 4. The normalized spacial score (nSPS) is 19.3. The SMILES string of the molecule is COc1cc(N2C[C@@H](C)N[C@H](C)C2)cc2[nH]nc(Nc3cc(F)c4nc(C)cn4c3)c12. The lowest BCUT2D eigenvalue weighted by Crippen LogP contribution is -2.54. The quantitative estimate of drug-likeness (QED) is 0.465. The zero-order valence-electron chi connectivity index (χ0n) is 18.0. The second kappa shape index (κ2) is 7.42. The van der Waals surface area contributed by atoms with E-state index < -0.39 is 5.82 Å². The van der Waals surface area contributed by atoms with Gasteiger partial charge in [0.2, 0.25) is 0 Å². The maximum absolute atomic E-state index is 14.5. The number of pyridine rings is 1. The maximum Gasteiger partial charge on any atom is 0.173 e. The van der Waals surface area contributed by atoms with Crippen molar-refractivity contribution in [3.63, 3.8) is 0 Å². The lowest BCUT2D eigenvalue weighted by atomic mass is 10.1. The molecular formula is C22H26FN7O. The number of halogens is 1. The molecule has 1 fully saturated rings. The van der Waals surface area contributed by atoms with Crippen LogP contribution in [-0.2, 0) is 0 Å². The van der Waals surface area contributed by atoms with Gasteiger partial charge in [-0.15, -0.1) is 0 Å². The Labute approximate surface area is 179 Å². The fourth-order valence-electron chi connectivity index (χ4n) is 4.46. The minimum atomic E-state index is -0.394. The van der Waals surface area contributed by atoms with Gasteiger partial charge in [-0.2, -0.15) is 5.10 Å². The lowest BCUT2D eigenvalue weighted by Gasteiger charge is -2.37. The Morgan fingerprint density at radius 1 is 1.16 bits per heavy atom. The van der Waals surface area contributed by atoms with Crippen molar-refractivity contribution in [3.8, 4) is 5.75 Å². The molecule has 0 saturated carbocycles. The summed E-state index contributed by atoms with van der Waals surface area (Å²) in [5.41, 5.74) is 3.58. The molecule has 0 spiro atoms. The van der Waals surface area contributed by atoms with Gasteiger partial charge in [-0.25, -0.2) is 9.37 Å². The highest BCUT2D eigenvalue weighted by Gasteiger charge is 2.23. The monoisotopic (exact) mass is 423 g/mol. The smallest absolute Gasteiger partial charge is 0.173 e. The van der Waals surface area contributed by atoms with Crippen molar-refractivity contribution < 1.29 is 9.13 Å². The summed E-state index contributed by atoms with van der Waals surface area (Å²) in [4.78, 5) is 6.56. The third-order valence-corrected chi connectivity index (χ3v) is 5.64. The molecule has 1 aliphatic rings. The largest absolute Gasteiger partial charge is 0.496 e. The Balaban J connectivity index is 1.52. The molecule has 4 aromatic rings. The van der Waals surface area contributed by atoms with E-state index in [1.54, 1.807) is 23.9 Å². The van der Waals surface area contributed by atoms with Crippen LogP contribution >= 0.6 is 0 Å². The van der Waals surface area contributed by atoms with E-state index in [0.717, 1.165) is 35.4 Å². The molecule has 0 unspecified atom stereocenters. The van der Waals surface area contributed by atoms with Gasteiger partial charge in [0.15, 0.2) is 17.3 Å². The van der Waals surface area contributed by atoms with Gasteiger partial charge < -0.3 is 24.7 Å². The maximum atomic E-state index is 14.5. The Morgan fingerprint density at radius 3 is 2.68 bits per heavy atom. The van der Waals surface area contributed by atoms with Crippen LogP contribution in [0.5, 0.6) is 5.75 Å². The molecule has 1 aliphatic heterocycles. The van der Waals surface area contributed by atoms with E-state index >= 15 is 0 Å². The van der Waals surface area contributed by atoms with Crippen LogP contribution in [0.15, 0.2) is 30.6 Å². The molecule has 3 aromatic heterocycles. The molecule has 31 heavy (non-hydrogen) atoms. The second-order valence-corrected chi connectivity index (χ2v) is 8.33. The number of rotatable bonds is 4. The summed E-state index contributed by atoms with van der Waals surface area (Å²) in [7, 11) is 1.65. The van der Waals surface area contributed by atoms with E-state index in [4.69, 9.17) is 4.74 Å². The van der Waals surface area contributed by atoms with Crippen LogP contribution in [0, 0.1) is 12.7 Å². The summed E-state index contributed by atoms with van der Waals surface area (Å²) < 4.78 is 21.9. The Hall–Kier alpha value is -3.33. The highest BCUT2D eigenvalue weighted by molar-refractivity contribution is 5.98. The zero-order valence-corrected chi connectivity index (χ0v) is 18.0. The number of anilines is 3. The van der Waals surface area contributed by atoms with Crippen molar-refractivity contribution in [2.24, 2.45) is 0 Å². The number of piperazine rings is 1. The number of nitrogens with one attached hydrogen (secondary N) is 3. The molecule has 0 radical (unpaired) electrons. The number of benzene rings is 1. The van der Waals surface area contributed by atoms with E-state index in [0.29, 0.717) is 35.0 Å². The van der Waals surface area contributed by atoms with Gasteiger partial charge in [0, 0.05) is 55.4 Å². The first-order valence-corrected chi connectivity index (χ1v) is 10.4. The number of nitrogens with zero attached hydrogens (tertiary/aromatic N) is 4. The number of methoxy groups -OCH3 is 1. The summed E-state index contributed by atoms with van der Waals surface area (Å²) in [6.45, 7) is 8.05. The lowest BCUT2D eigenvalue weighted by molar-refractivity contribution is 0.404. The molecule has 9 heteroatoms. The Morgan fingerprint density at radius 2 is 1.94 bits per heavy atom. The molecule has 4 heterocycles. The van der Waals surface area contributed by atoms with Gasteiger partial charge in [-0.05, 0) is 26.8 Å². The molecule has 5 rings (SSSR count). The van der Waals surface area contributed by atoms with Crippen LogP contribution in [0.2, 0.25) is 0 Å². The second-order valence-electron chi connectivity index (χ2n) is 8.33. The topological polar surface area (TPSA) is 82.5 Å². The first-order chi connectivity index (χ1) is 14.9. The van der Waals surface area contributed by atoms with Crippen LogP contribution in [0.3, 0.4) is 0 Å². The van der Waals surface area contributed by atoms with Crippen molar-refractivity contribution in [3.05, 3.63) is 42.1 Å². The predicted molar refractivity (Wildman–Crippen MR) is 120 cm³/mol. The fraction of sp³-hybridized carbons (Fsp3) is 0.364. The number of imidazole rings is 1. The number of ether oxygens (including phenoxy) is 1. The van der Waals surface area contributed by atoms with Crippen molar-refractivity contribution in [2.75, 3.05) is 30.4 Å². The van der Waals surface area contributed by atoms with Crippen molar-refractivity contribution >= 4 is 33.7 Å². The molecular weight excluding hydrogens is 397 g/mol. The number of H-pyrrole nitrogens is 1. The fourth-order valence-corrected chi connectivity index (χ4v) is 4.46. The summed E-state index contributed by atoms with van der Waals surface area (Å²) >= 11 is 0. The summed E-state index contributed by atoms with van der Waals surface area (Å²) in [5, 5.41) is 15.1. The van der Waals surface area contributed by atoms with Gasteiger partial charge >= 0.3 is 0 Å². The molecule has 2 atom stereocenters. The van der Waals surface area contributed by atoms with Crippen molar-refractivity contribution in [1.29, 1.82) is 0 Å². The van der Waals surface area contributed by atoms with Crippen LogP contribution in [-0.4, -0.2) is 51.9 Å². The van der Waals surface area contributed by atoms with Crippen molar-refractivity contribution in [1.82, 2.24) is 24.9 Å². The predicted octanol–water partition coefficient (Wildman–Crippen LogP) is 3.60. The average Bonchev–Trinajstić information content (AvgIpc) is 3.30. The van der Waals surface area contributed by atoms with Crippen molar-refractivity contribution in [2.45, 2.75) is 32.9 Å². The first kappa shape index (κ1) is 19.6. The number of aryl methyl sites for hydroxylation is 1. The minimum Gasteiger partial charge on any atom is -0.496 e. The van der Waals surface area contributed by atoms with E-state index in [1.807, 2.05) is 13.0 Å². The summed E-state index contributed by atoms with van der Waals surface area (Å²) in [6.07, 6.45) is 3.58. The molecule has 0 bridgehead atoms. The molecule has 162 valence electrons. The number of hydrogen-bond donors (Lipinski definition) is 3. The average molecular weight is 423 g/mol. The zero-order chi connectivity index (χ0) is 21.7. The standard InChI is InChI=1S/C22H26FN7O/c1-12-8-29(9-13(2)24-12)16-6-18-20(19(7-16)31-4)21(28-27-18)26-15-5-17(23)22-25-14(3)10-30(22)11-15/h5-7,10-13,24H,8-9H2,1-4H3,(H2,26,27,28)/t12-,13-/m1/s1. The number of hydrogen-bond acceptors (Lipinski definition) is 6. The molecule has 1 saturated heterocycles. The molecule has 0 amide bonds. The van der Waals surface area contributed by atoms with Crippen LogP contribution in [0.1, 0.15) is 19.5 Å². The molecule has 3 N–H and O–H groups in total. The van der Waals surface area contributed by atoms with Gasteiger partial charge in [-0.3, -0.25) is 5.10 Å². The van der Waals surface area contributed by atoms with E-state index in [2.05, 4.69) is 50.6 Å². The van der Waals surface area contributed by atoms with Gasteiger partial charge in [-0.1, -0.05) is 0 Å². The van der Waals surface area contributed by atoms with Crippen LogP contribution in [0.25, 0.3) is 16.6 Å². The minimum absolute atomic E-state index is 0.302. The van der Waals surface area contributed by atoms with Gasteiger partial charge in [0.05, 0.1) is 29.4 Å². The first-order valence-electron chi connectivity index (χ1n) is 10.4. The van der Waals surface area contributed by atoms with Gasteiger partial charge in [0.1, 0.15) is 5.75 Å². The van der Waals surface area contributed by atoms with E-state index in [-0.39, 0.29) is 0 Å². The third-order valence-electron chi connectivity index (χ3n) is 5.64.